The van der Waals surface area contributed by atoms with Crippen LogP contribution in [0.15, 0.2) is 35.1 Å². The lowest BCUT2D eigenvalue weighted by molar-refractivity contribution is 0.0695. The molecule has 0 bridgehead atoms. The first-order valence-electron chi connectivity index (χ1n) is 6.80. The molecule has 1 aliphatic heterocycles. The molecule has 0 radical (unpaired) electrons. The molecule has 1 saturated heterocycles. The first-order valence-corrected chi connectivity index (χ1v) is 6.80. The average Bonchev–Trinajstić information content (AvgIpc) is 3.03. The summed E-state index contributed by atoms with van der Waals surface area (Å²) in [5.41, 5.74) is 0.558. The molecule has 1 amide bonds. The number of aromatic nitrogens is 1. The fourth-order valence-electron chi connectivity index (χ4n) is 2.73. The zero-order valence-corrected chi connectivity index (χ0v) is 11.3. The molecule has 2 aromatic rings. The molecular formula is C15H14F2N2O2. The first kappa shape index (κ1) is 13.7. The van der Waals surface area contributed by atoms with E-state index in [1.807, 2.05) is 0 Å². The predicted octanol–water partition coefficient (Wildman–Crippen LogP) is 2.97. The molecule has 1 aromatic carbocycles. The van der Waals surface area contributed by atoms with Crippen LogP contribution in [0, 0.1) is 11.6 Å². The molecule has 2 heterocycles. The Bertz CT molecular complexity index is 643. The third-order valence-electron chi connectivity index (χ3n) is 3.76. The molecular weight excluding hydrogens is 278 g/mol. The minimum absolute atomic E-state index is 0.203. The van der Waals surface area contributed by atoms with E-state index in [9.17, 15) is 13.6 Å². The Morgan fingerprint density at radius 2 is 2.19 bits per heavy atom. The number of piperidine rings is 1. The lowest BCUT2D eigenvalue weighted by Gasteiger charge is -2.32. The summed E-state index contributed by atoms with van der Waals surface area (Å²) < 4.78 is 31.8. The topological polar surface area (TPSA) is 46.3 Å². The van der Waals surface area contributed by atoms with Gasteiger partial charge in [-0.15, -0.1) is 0 Å². The van der Waals surface area contributed by atoms with Crippen molar-refractivity contribution in [3.05, 3.63) is 53.4 Å². The molecule has 110 valence electrons. The normalized spacial score (nSPS) is 18.8. The molecule has 6 heteroatoms. The van der Waals surface area contributed by atoms with Crippen LogP contribution in [0.1, 0.15) is 34.8 Å². The van der Waals surface area contributed by atoms with Crippen LogP contribution in [0.3, 0.4) is 0 Å². The second-order valence-electron chi connectivity index (χ2n) is 5.14. The third kappa shape index (κ3) is 2.79. The smallest absolute Gasteiger partial charge is 0.276 e. The summed E-state index contributed by atoms with van der Waals surface area (Å²) >= 11 is 0. The van der Waals surface area contributed by atoms with Crippen molar-refractivity contribution in [2.45, 2.75) is 18.8 Å². The molecule has 0 saturated carbocycles. The molecule has 0 spiro atoms. The van der Waals surface area contributed by atoms with E-state index in [1.165, 1.54) is 18.4 Å². The fraction of sp³-hybridized carbons (Fsp3) is 0.333. The summed E-state index contributed by atoms with van der Waals surface area (Å²) in [4.78, 5) is 13.8. The van der Waals surface area contributed by atoms with E-state index in [-0.39, 0.29) is 17.5 Å². The van der Waals surface area contributed by atoms with E-state index in [1.54, 1.807) is 4.90 Å². The van der Waals surface area contributed by atoms with E-state index >= 15 is 0 Å². The van der Waals surface area contributed by atoms with Gasteiger partial charge in [0.2, 0.25) is 0 Å². The highest BCUT2D eigenvalue weighted by Crippen LogP contribution is 2.29. The van der Waals surface area contributed by atoms with Crippen molar-refractivity contribution in [2.75, 3.05) is 13.1 Å². The number of carbonyl (C=O) groups excluding carboxylic acids is 1. The Hall–Kier alpha value is -2.24. The SMILES string of the molecule is O=C(c1ccon1)N1CCC[C@H](c2cc(F)ccc2F)C1. The van der Waals surface area contributed by atoms with Crippen LogP contribution in [0.25, 0.3) is 0 Å². The van der Waals surface area contributed by atoms with Crippen molar-refractivity contribution >= 4 is 5.91 Å². The van der Waals surface area contributed by atoms with E-state index in [2.05, 4.69) is 9.68 Å². The van der Waals surface area contributed by atoms with Crippen molar-refractivity contribution in [1.82, 2.24) is 10.1 Å². The van der Waals surface area contributed by atoms with Gasteiger partial charge in [-0.3, -0.25) is 4.79 Å². The van der Waals surface area contributed by atoms with Crippen molar-refractivity contribution < 1.29 is 18.1 Å². The minimum Gasteiger partial charge on any atom is -0.364 e. The highest BCUT2D eigenvalue weighted by Gasteiger charge is 2.28. The van der Waals surface area contributed by atoms with Crippen molar-refractivity contribution in [2.24, 2.45) is 0 Å². The molecule has 4 nitrogen and oxygen atoms in total. The summed E-state index contributed by atoms with van der Waals surface area (Å²) in [5, 5.41) is 3.62. The monoisotopic (exact) mass is 292 g/mol. The van der Waals surface area contributed by atoms with Crippen LogP contribution >= 0.6 is 0 Å². The zero-order chi connectivity index (χ0) is 14.8. The summed E-state index contributed by atoms with van der Waals surface area (Å²) in [6.07, 6.45) is 2.80. The van der Waals surface area contributed by atoms with Crippen LogP contribution in [0.5, 0.6) is 0 Å². The molecule has 3 rings (SSSR count). The first-order chi connectivity index (χ1) is 10.1. The third-order valence-corrected chi connectivity index (χ3v) is 3.76. The van der Waals surface area contributed by atoms with Gasteiger partial charge in [0, 0.05) is 25.1 Å². The van der Waals surface area contributed by atoms with Crippen molar-refractivity contribution in [3.8, 4) is 0 Å². The van der Waals surface area contributed by atoms with Gasteiger partial charge in [-0.25, -0.2) is 8.78 Å². The number of nitrogens with zero attached hydrogens (tertiary/aromatic N) is 2. The molecule has 21 heavy (non-hydrogen) atoms. The Balaban J connectivity index is 1.80. The fourth-order valence-corrected chi connectivity index (χ4v) is 2.73. The van der Waals surface area contributed by atoms with E-state index in [0.717, 1.165) is 25.0 Å². The number of hydrogen-bond donors (Lipinski definition) is 0. The Kier molecular flexibility index (Phi) is 3.68. The minimum atomic E-state index is -0.466. The standard InChI is InChI=1S/C15H14F2N2O2/c16-11-3-4-13(17)12(8-11)10-2-1-6-19(9-10)15(20)14-5-7-21-18-14/h3-5,7-8,10H,1-2,6,9H2/t10-/m0/s1. The maximum absolute atomic E-state index is 13.9. The van der Waals surface area contributed by atoms with Gasteiger partial charge in [-0.05, 0) is 36.6 Å². The number of halogens is 2. The molecule has 1 fully saturated rings. The Morgan fingerprint density at radius 3 is 2.95 bits per heavy atom. The number of benzene rings is 1. The second kappa shape index (κ2) is 5.63. The number of amides is 1. The highest BCUT2D eigenvalue weighted by atomic mass is 19.1. The van der Waals surface area contributed by atoms with E-state index in [4.69, 9.17) is 0 Å². The summed E-state index contributed by atoms with van der Waals surface area (Å²) in [6.45, 7) is 0.936. The van der Waals surface area contributed by atoms with Crippen molar-refractivity contribution in [3.63, 3.8) is 0 Å². The quantitative estimate of drug-likeness (QED) is 0.855. The van der Waals surface area contributed by atoms with Gasteiger partial charge in [0.25, 0.3) is 5.91 Å². The van der Waals surface area contributed by atoms with Crippen LogP contribution in [-0.4, -0.2) is 29.1 Å². The van der Waals surface area contributed by atoms with Gasteiger partial charge in [0.15, 0.2) is 5.69 Å². The maximum atomic E-state index is 13.9. The van der Waals surface area contributed by atoms with E-state index in [0.29, 0.717) is 18.7 Å². The van der Waals surface area contributed by atoms with Gasteiger partial charge in [-0.1, -0.05) is 5.16 Å². The highest BCUT2D eigenvalue weighted by molar-refractivity contribution is 5.92. The molecule has 1 atom stereocenters. The molecule has 1 aromatic heterocycles. The van der Waals surface area contributed by atoms with Gasteiger partial charge in [0.1, 0.15) is 17.9 Å². The number of rotatable bonds is 2. The van der Waals surface area contributed by atoms with Gasteiger partial charge in [0.05, 0.1) is 0 Å². The summed E-state index contributed by atoms with van der Waals surface area (Å²) in [5.74, 6) is -1.35. The second-order valence-corrected chi connectivity index (χ2v) is 5.14. The number of likely N-dealkylation sites (tertiary alicyclic amines) is 1. The Labute approximate surface area is 120 Å². The molecule has 1 aliphatic rings. The zero-order valence-electron chi connectivity index (χ0n) is 11.3. The number of carbonyl (C=O) groups is 1. The Morgan fingerprint density at radius 1 is 1.33 bits per heavy atom. The summed E-state index contributed by atoms with van der Waals surface area (Å²) in [6, 6.07) is 4.93. The van der Waals surface area contributed by atoms with Gasteiger partial charge < -0.3 is 9.42 Å². The van der Waals surface area contributed by atoms with Gasteiger partial charge in [-0.2, -0.15) is 0 Å². The van der Waals surface area contributed by atoms with Gasteiger partial charge >= 0.3 is 0 Å². The van der Waals surface area contributed by atoms with Crippen LogP contribution in [0.4, 0.5) is 8.78 Å². The largest absolute Gasteiger partial charge is 0.364 e. The molecule has 0 unspecified atom stereocenters. The lowest BCUT2D eigenvalue weighted by Crippen LogP contribution is -2.39. The molecule has 0 N–H and O–H groups in total. The lowest BCUT2D eigenvalue weighted by atomic mass is 9.90. The maximum Gasteiger partial charge on any atom is 0.276 e. The average molecular weight is 292 g/mol. The van der Waals surface area contributed by atoms with Crippen LogP contribution < -0.4 is 0 Å². The van der Waals surface area contributed by atoms with Crippen LogP contribution in [-0.2, 0) is 0 Å². The summed E-state index contributed by atoms with van der Waals surface area (Å²) in [7, 11) is 0. The predicted molar refractivity (Wildman–Crippen MR) is 70.7 cm³/mol. The number of hydrogen-bond acceptors (Lipinski definition) is 3. The van der Waals surface area contributed by atoms with Crippen LogP contribution in [0.2, 0.25) is 0 Å². The molecule has 0 aliphatic carbocycles. The van der Waals surface area contributed by atoms with E-state index < -0.39 is 11.6 Å². The van der Waals surface area contributed by atoms with Crippen molar-refractivity contribution in [1.29, 1.82) is 0 Å².